The second-order valence-electron chi connectivity index (χ2n) is 5.62. The number of nitrogens with one attached hydrogen (secondary N) is 1. The van der Waals surface area contributed by atoms with Crippen molar-refractivity contribution in [3.63, 3.8) is 0 Å². The van der Waals surface area contributed by atoms with Crippen LogP contribution in [0.15, 0.2) is 36.7 Å². The third kappa shape index (κ3) is 3.18. The summed E-state index contributed by atoms with van der Waals surface area (Å²) in [6.45, 7) is 3.23. The summed E-state index contributed by atoms with van der Waals surface area (Å²) < 4.78 is 13.7. The molecule has 1 fully saturated rings. The maximum absolute atomic E-state index is 13.7. The summed E-state index contributed by atoms with van der Waals surface area (Å²) in [6.07, 6.45) is 6.33. The molecule has 1 aromatic heterocycles. The molecule has 116 valence electrons. The molecule has 0 radical (unpaired) electrons. The van der Waals surface area contributed by atoms with Gasteiger partial charge in [0.05, 0.1) is 5.69 Å². The molecule has 0 bridgehead atoms. The van der Waals surface area contributed by atoms with E-state index in [9.17, 15) is 4.39 Å². The molecule has 0 amide bonds. The minimum absolute atomic E-state index is 0.285. The Bertz CT molecular complexity index is 632. The number of halogens is 1. The van der Waals surface area contributed by atoms with Crippen LogP contribution in [0, 0.1) is 5.82 Å². The lowest BCUT2D eigenvalue weighted by molar-refractivity contribution is 0.446. The van der Waals surface area contributed by atoms with Crippen LogP contribution in [-0.4, -0.2) is 22.6 Å². The predicted molar refractivity (Wildman–Crippen MR) is 87.0 cm³/mol. The summed E-state index contributed by atoms with van der Waals surface area (Å²) in [5.41, 5.74) is 0.429. The molecule has 1 aromatic carbocycles. The van der Waals surface area contributed by atoms with E-state index in [1.807, 2.05) is 6.07 Å². The van der Waals surface area contributed by atoms with Crippen LogP contribution < -0.4 is 10.2 Å². The van der Waals surface area contributed by atoms with E-state index in [4.69, 9.17) is 0 Å². The molecule has 1 unspecified atom stereocenters. The maximum atomic E-state index is 13.7. The first kappa shape index (κ1) is 14.8. The van der Waals surface area contributed by atoms with E-state index < -0.39 is 0 Å². The Kier molecular flexibility index (Phi) is 4.51. The van der Waals surface area contributed by atoms with E-state index in [2.05, 4.69) is 27.1 Å². The number of anilines is 3. The first-order valence-corrected chi connectivity index (χ1v) is 7.88. The molecule has 1 atom stereocenters. The molecule has 0 spiro atoms. The zero-order valence-electron chi connectivity index (χ0n) is 12.8. The second-order valence-corrected chi connectivity index (χ2v) is 5.62. The molecular formula is C17H21FN4. The Balaban J connectivity index is 1.82. The number of hydrogen-bond donors (Lipinski definition) is 1. The lowest BCUT2D eigenvalue weighted by Gasteiger charge is -2.36. The number of benzene rings is 1. The van der Waals surface area contributed by atoms with Gasteiger partial charge in [-0.2, -0.15) is 0 Å². The Morgan fingerprint density at radius 2 is 2.14 bits per heavy atom. The van der Waals surface area contributed by atoms with Crippen molar-refractivity contribution in [2.24, 2.45) is 0 Å². The number of rotatable bonds is 4. The van der Waals surface area contributed by atoms with E-state index in [0.29, 0.717) is 17.5 Å². The Hall–Kier alpha value is -2.17. The molecule has 4 nitrogen and oxygen atoms in total. The summed E-state index contributed by atoms with van der Waals surface area (Å²) in [4.78, 5) is 11.0. The minimum Gasteiger partial charge on any atom is -0.353 e. The van der Waals surface area contributed by atoms with E-state index in [1.165, 1.54) is 25.3 Å². The highest BCUT2D eigenvalue weighted by Gasteiger charge is 2.22. The zero-order valence-corrected chi connectivity index (χ0v) is 12.8. The van der Waals surface area contributed by atoms with Crippen LogP contribution in [0.25, 0.3) is 0 Å². The molecule has 5 heteroatoms. The third-order valence-corrected chi connectivity index (χ3v) is 4.18. The lowest BCUT2D eigenvalue weighted by atomic mass is 10.0. The molecule has 22 heavy (non-hydrogen) atoms. The average molecular weight is 300 g/mol. The van der Waals surface area contributed by atoms with Gasteiger partial charge in [0.25, 0.3) is 0 Å². The molecule has 0 aliphatic carbocycles. The summed E-state index contributed by atoms with van der Waals surface area (Å²) in [6, 6.07) is 9.04. The predicted octanol–water partition coefficient (Wildman–Crippen LogP) is 4.13. The second kappa shape index (κ2) is 6.73. The smallest absolute Gasteiger partial charge is 0.146 e. The standard InChI is InChI=1S/C17H21FN4/c1-2-13-7-5-6-10-22(13)17-11-16(19-12-20-17)21-15-9-4-3-8-14(15)18/h3-4,8-9,11-13H,2,5-7,10H2,1H3,(H,19,20,21). The largest absolute Gasteiger partial charge is 0.353 e. The first-order chi connectivity index (χ1) is 10.8. The average Bonchev–Trinajstić information content (AvgIpc) is 2.57. The van der Waals surface area contributed by atoms with Gasteiger partial charge in [-0.15, -0.1) is 0 Å². The van der Waals surface area contributed by atoms with E-state index >= 15 is 0 Å². The van der Waals surface area contributed by atoms with Gasteiger partial charge >= 0.3 is 0 Å². The van der Waals surface area contributed by atoms with Crippen molar-refractivity contribution < 1.29 is 4.39 Å². The van der Waals surface area contributed by atoms with Crippen molar-refractivity contribution in [3.8, 4) is 0 Å². The quantitative estimate of drug-likeness (QED) is 0.922. The molecule has 1 aliphatic rings. The minimum atomic E-state index is -0.285. The van der Waals surface area contributed by atoms with Gasteiger partial charge in [0.2, 0.25) is 0 Å². The molecule has 3 rings (SSSR count). The van der Waals surface area contributed by atoms with Crippen LogP contribution >= 0.6 is 0 Å². The number of hydrogen-bond acceptors (Lipinski definition) is 4. The zero-order chi connectivity index (χ0) is 15.4. The SMILES string of the molecule is CCC1CCCCN1c1cc(Nc2ccccc2F)ncn1. The van der Waals surface area contributed by atoms with Crippen LogP contribution in [-0.2, 0) is 0 Å². The molecule has 1 saturated heterocycles. The molecule has 1 N–H and O–H groups in total. The van der Waals surface area contributed by atoms with Crippen molar-refractivity contribution in [3.05, 3.63) is 42.5 Å². The van der Waals surface area contributed by atoms with Gasteiger partial charge in [-0.3, -0.25) is 0 Å². The van der Waals surface area contributed by atoms with Crippen molar-refractivity contribution in [2.75, 3.05) is 16.8 Å². The normalized spacial score (nSPS) is 18.3. The van der Waals surface area contributed by atoms with Crippen LogP contribution in [0.4, 0.5) is 21.7 Å². The molecule has 0 saturated carbocycles. The van der Waals surface area contributed by atoms with Crippen molar-refractivity contribution >= 4 is 17.3 Å². The maximum Gasteiger partial charge on any atom is 0.146 e. The number of piperidine rings is 1. The molecule has 1 aliphatic heterocycles. The number of aromatic nitrogens is 2. The highest BCUT2D eigenvalue weighted by Crippen LogP contribution is 2.27. The van der Waals surface area contributed by atoms with Gasteiger partial charge in [0.1, 0.15) is 23.8 Å². The van der Waals surface area contributed by atoms with Gasteiger partial charge < -0.3 is 10.2 Å². The van der Waals surface area contributed by atoms with Gasteiger partial charge in [-0.1, -0.05) is 19.1 Å². The number of para-hydroxylation sites is 1. The van der Waals surface area contributed by atoms with E-state index in [0.717, 1.165) is 18.8 Å². The Morgan fingerprint density at radius 3 is 2.95 bits per heavy atom. The van der Waals surface area contributed by atoms with Crippen molar-refractivity contribution in [1.29, 1.82) is 0 Å². The summed E-state index contributed by atoms with van der Waals surface area (Å²) in [5, 5.41) is 3.03. The van der Waals surface area contributed by atoms with Gasteiger partial charge in [-0.25, -0.2) is 14.4 Å². The highest BCUT2D eigenvalue weighted by molar-refractivity contribution is 5.60. The molecule has 2 heterocycles. The summed E-state index contributed by atoms with van der Waals surface area (Å²) >= 11 is 0. The van der Waals surface area contributed by atoms with Crippen LogP contribution in [0.2, 0.25) is 0 Å². The monoisotopic (exact) mass is 300 g/mol. The fourth-order valence-electron chi connectivity index (χ4n) is 3.00. The van der Waals surface area contributed by atoms with Gasteiger partial charge in [0.15, 0.2) is 0 Å². The van der Waals surface area contributed by atoms with Crippen LogP contribution in [0.3, 0.4) is 0 Å². The van der Waals surface area contributed by atoms with Gasteiger partial charge in [0, 0.05) is 18.7 Å². The first-order valence-electron chi connectivity index (χ1n) is 7.88. The number of nitrogens with zero attached hydrogens (tertiary/aromatic N) is 3. The van der Waals surface area contributed by atoms with E-state index in [1.54, 1.807) is 24.5 Å². The van der Waals surface area contributed by atoms with Crippen LogP contribution in [0.5, 0.6) is 0 Å². The highest BCUT2D eigenvalue weighted by atomic mass is 19.1. The van der Waals surface area contributed by atoms with Crippen molar-refractivity contribution in [1.82, 2.24) is 9.97 Å². The topological polar surface area (TPSA) is 41.0 Å². The van der Waals surface area contributed by atoms with Crippen molar-refractivity contribution in [2.45, 2.75) is 38.6 Å². The molecule has 2 aromatic rings. The lowest BCUT2D eigenvalue weighted by Crippen LogP contribution is -2.39. The summed E-state index contributed by atoms with van der Waals surface area (Å²) in [5.74, 6) is 1.25. The molecular weight excluding hydrogens is 279 g/mol. The fraction of sp³-hybridized carbons (Fsp3) is 0.412. The Morgan fingerprint density at radius 1 is 1.27 bits per heavy atom. The fourth-order valence-corrected chi connectivity index (χ4v) is 3.00. The van der Waals surface area contributed by atoms with Gasteiger partial charge in [-0.05, 0) is 37.8 Å². The van der Waals surface area contributed by atoms with Crippen LogP contribution in [0.1, 0.15) is 32.6 Å². The third-order valence-electron chi connectivity index (χ3n) is 4.18. The Labute approximate surface area is 130 Å². The summed E-state index contributed by atoms with van der Waals surface area (Å²) in [7, 11) is 0. The van der Waals surface area contributed by atoms with E-state index in [-0.39, 0.29) is 5.82 Å².